The summed E-state index contributed by atoms with van der Waals surface area (Å²) in [5, 5.41) is 10.8. The van der Waals surface area contributed by atoms with Gasteiger partial charge in [-0.05, 0) is 37.1 Å². The van der Waals surface area contributed by atoms with E-state index in [4.69, 9.17) is 14.2 Å². The van der Waals surface area contributed by atoms with Crippen molar-refractivity contribution in [3.05, 3.63) is 69.8 Å². The van der Waals surface area contributed by atoms with Gasteiger partial charge in [0, 0.05) is 18.7 Å². The fraction of sp³-hybridized carbons (Fsp3) is 0.263. The average Bonchev–Trinajstić information content (AvgIpc) is 3.20. The molecule has 1 saturated heterocycles. The second-order valence-electron chi connectivity index (χ2n) is 5.96. The number of nitrogens with zero attached hydrogens (tertiary/aromatic N) is 1. The van der Waals surface area contributed by atoms with Gasteiger partial charge in [-0.1, -0.05) is 12.1 Å². The molecule has 2 aromatic rings. The lowest BCUT2D eigenvalue weighted by molar-refractivity contribution is -0.384. The summed E-state index contributed by atoms with van der Waals surface area (Å²) < 4.78 is 15.8. The molecule has 0 N–H and O–H groups in total. The second-order valence-corrected chi connectivity index (χ2v) is 5.96. The monoisotopic (exact) mass is 371 g/mol. The van der Waals surface area contributed by atoms with Crippen molar-refractivity contribution in [1.82, 2.24) is 0 Å². The molecule has 1 atom stereocenters. The lowest BCUT2D eigenvalue weighted by Crippen LogP contribution is -2.18. The van der Waals surface area contributed by atoms with Crippen LogP contribution in [0.5, 0.6) is 5.75 Å². The van der Waals surface area contributed by atoms with Crippen molar-refractivity contribution < 1.29 is 28.7 Å². The molecule has 0 amide bonds. The molecule has 0 spiro atoms. The van der Waals surface area contributed by atoms with E-state index in [0.717, 1.165) is 18.9 Å². The Hall–Kier alpha value is -3.26. The van der Waals surface area contributed by atoms with E-state index in [1.54, 1.807) is 12.1 Å². The molecule has 8 nitrogen and oxygen atoms in total. The molecule has 0 bridgehead atoms. The Balaban J connectivity index is 1.64. The number of hydrogen-bond acceptors (Lipinski definition) is 7. The fourth-order valence-corrected chi connectivity index (χ4v) is 2.63. The van der Waals surface area contributed by atoms with Crippen LogP contribution in [0.15, 0.2) is 48.5 Å². The maximum atomic E-state index is 12.2. The second kappa shape index (κ2) is 8.41. The molecule has 1 unspecified atom stereocenters. The predicted molar refractivity (Wildman–Crippen MR) is 93.8 cm³/mol. The summed E-state index contributed by atoms with van der Waals surface area (Å²) in [5.41, 5.74) is 0.0591. The van der Waals surface area contributed by atoms with Gasteiger partial charge in [-0.15, -0.1) is 0 Å². The van der Waals surface area contributed by atoms with E-state index in [-0.39, 0.29) is 35.3 Å². The number of nitro benzene ring substituents is 1. The number of esters is 2. The van der Waals surface area contributed by atoms with Gasteiger partial charge in [0.2, 0.25) is 0 Å². The Morgan fingerprint density at radius 3 is 2.56 bits per heavy atom. The lowest BCUT2D eigenvalue weighted by atomic mass is 10.2. The first-order chi connectivity index (χ1) is 13.0. The van der Waals surface area contributed by atoms with Crippen molar-refractivity contribution in [3.8, 4) is 5.75 Å². The molecular weight excluding hydrogens is 354 g/mol. The molecule has 1 heterocycles. The van der Waals surface area contributed by atoms with E-state index in [1.165, 1.54) is 30.3 Å². The molecule has 3 rings (SSSR count). The Bertz CT molecular complexity index is 859. The molecule has 1 aliphatic heterocycles. The van der Waals surface area contributed by atoms with Crippen LogP contribution in [0, 0.1) is 10.1 Å². The van der Waals surface area contributed by atoms with Crippen molar-refractivity contribution in [3.63, 3.8) is 0 Å². The first kappa shape index (κ1) is 18.5. The Kier molecular flexibility index (Phi) is 5.77. The largest absolute Gasteiger partial charge is 0.459 e. The summed E-state index contributed by atoms with van der Waals surface area (Å²) in [7, 11) is 0. The number of carbonyl (C=O) groups is 2. The van der Waals surface area contributed by atoms with E-state index in [1.807, 2.05) is 0 Å². The molecule has 0 aromatic heterocycles. The number of ether oxygens (including phenoxy) is 3. The van der Waals surface area contributed by atoms with Crippen molar-refractivity contribution in [2.45, 2.75) is 18.9 Å². The summed E-state index contributed by atoms with van der Waals surface area (Å²) in [6.07, 6.45) is 1.73. The first-order valence-corrected chi connectivity index (χ1v) is 8.38. The quantitative estimate of drug-likeness (QED) is 0.332. The number of nitro groups is 1. The summed E-state index contributed by atoms with van der Waals surface area (Å²) >= 11 is 0. The summed E-state index contributed by atoms with van der Waals surface area (Å²) in [5.74, 6) is -1.17. The normalized spacial score (nSPS) is 15.9. The molecule has 1 fully saturated rings. The molecule has 140 valence electrons. The van der Waals surface area contributed by atoms with Gasteiger partial charge in [0.05, 0.1) is 22.2 Å². The highest BCUT2D eigenvalue weighted by Gasteiger charge is 2.19. The van der Waals surface area contributed by atoms with E-state index < -0.39 is 16.9 Å². The van der Waals surface area contributed by atoms with Crippen LogP contribution >= 0.6 is 0 Å². The number of non-ortho nitro benzene ring substituents is 1. The third-order valence-electron chi connectivity index (χ3n) is 4.00. The Labute approximate surface area is 154 Å². The third kappa shape index (κ3) is 4.89. The van der Waals surface area contributed by atoms with Crippen molar-refractivity contribution in [2.24, 2.45) is 0 Å². The minimum absolute atomic E-state index is 0.0376. The highest BCUT2D eigenvalue weighted by atomic mass is 16.6. The maximum absolute atomic E-state index is 12.2. The van der Waals surface area contributed by atoms with Crippen molar-refractivity contribution >= 4 is 17.6 Å². The van der Waals surface area contributed by atoms with Crippen LogP contribution in [0.2, 0.25) is 0 Å². The van der Waals surface area contributed by atoms with Crippen LogP contribution in [0.3, 0.4) is 0 Å². The van der Waals surface area contributed by atoms with Gasteiger partial charge < -0.3 is 14.2 Å². The number of hydrogen-bond donors (Lipinski definition) is 0. The van der Waals surface area contributed by atoms with Crippen LogP contribution in [-0.2, 0) is 9.47 Å². The SMILES string of the molecule is O=C(OCC1CCCO1)c1cccc(OC(=O)c2cccc([N+](=O)[O-])c2)c1. The van der Waals surface area contributed by atoms with Crippen molar-refractivity contribution in [1.29, 1.82) is 0 Å². The smallest absolute Gasteiger partial charge is 0.343 e. The zero-order chi connectivity index (χ0) is 19.2. The molecule has 27 heavy (non-hydrogen) atoms. The topological polar surface area (TPSA) is 105 Å². The molecule has 0 radical (unpaired) electrons. The fourth-order valence-electron chi connectivity index (χ4n) is 2.63. The molecular formula is C19H17NO7. The van der Waals surface area contributed by atoms with E-state index in [2.05, 4.69) is 0 Å². The number of carbonyl (C=O) groups excluding carboxylic acids is 2. The first-order valence-electron chi connectivity index (χ1n) is 8.38. The van der Waals surface area contributed by atoms with Gasteiger partial charge in [-0.3, -0.25) is 10.1 Å². The van der Waals surface area contributed by atoms with Crippen molar-refractivity contribution in [2.75, 3.05) is 13.2 Å². The third-order valence-corrected chi connectivity index (χ3v) is 4.00. The highest BCUT2D eigenvalue weighted by Crippen LogP contribution is 2.19. The van der Waals surface area contributed by atoms with Crippen LogP contribution in [-0.4, -0.2) is 36.2 Å². The van der Waals surface area contributed by atoms with Gasteiger partial charge in [-0.25, -0.2) is 9.59 Å². The van der Waals surface area contributed by atoms with Gasteiger partial charge in [-0.2, -0.15) is 0 Å². The number of benzene rings is 2. The molecule has 1 aliphatic rings. The van der Waals surface area contributed by atoms with E-state index in [9.17, 15) is 19.7 Å². The Morgan fingerprint density at radius 2 is 1.85 bits per heavy atom. The van der Waals surface area contributed by atoms with Crippen LogP contribution in [0.25, 0.3) is 0 Å². The number of rotatable bonds is 6. The van der Waals surface area contributed by atoms with E-state index >= 15 is 0 Å². The molecule has 8 heteroatoms. The minimum atomic E-state index is -0.761. The highest BCUT2D eigenvalue weighted by molar-refractivity contribution is 5.93. The van der Waals surface area contributed by atoms with Crippen LogP contribution in [0.1, 0.15) is 33.6 Å². The van der Waals surface area contributed by atoms with Crippen LogP contribution < -0.4 is 4.74 Å². The predicted octanol–water partition coefficient (Wildman–Crippen LogP) is 3.15. The summed E-state index contributed by atoms with van der Waals surface area (Å²) in [4.78, 5) is 34.5. The molecule has 0 aliphatic carbocycles. The van der Waals surface area contributed by atoms with Crippen LogP contribution in [0.4, 0.5) is 5.69 Å². The summed E-state index contributed by atoms with van der Waals surface area (Å²) in [6.45, 7) is 0.849. The van der Waals surface area contributed by atoms with Gasteiger partial charge >= 0.3 is 11.9 Å². The van der Waals surface area contributed by atoms with E-state index in [0.29, 0.717) is 6.61 Å². The lowest BCUT2D eigenvalue weighted by Gasteiger charge is -2.11. The zero-order valence-electron chi connectivity index (χ0n) is 14.3. The molecule has 2 aromatic carbocycles. The maximum Gasteiger partial charge on any atom is 0.343 e. The van der Waals surface area contributed by atoms with Gasteiger partial charge in [0.1, 0.15) is 12.4 Å². The summed E-state index contributed by atoms with van der Waals surface area (Å²) in [6, 6.07) is 11.2. The van der Waals surface area contributed by atoms with Gasteiger partial charge in [0.25, 0.3) is 5.69 Å². The van der Waals surface area contributed by atoms with Gasteiger partial charge in [0.15, 0.2) is 0 Å². The molecule has 0 saturated carbocycles. The standard InChI is InChI=1S/C19H17NO7/c21-18(26-12-17-8-3-9-25-17)14-5-2-7-16(11-14)27-19(22)13-4-1-6-15(10-13)20(23)24/h1-2,4-7,10-11,17H,3,8-9,12H2. The Morgan fingerprint density at radius 1 is 1.11 bits per heavy atom. The minimum Gasteiger partial charge on any atom is -0.459 e. The zero-order valence-corrected chi connectivity index (χ0v) is 14.3. The average molecular weight is 371 g/mol.